The smallest absolute Gasteiger partial charge is 0.335 e. The molecule has 4 N–H and O–H groups in total. The number of rotatable bonds is 4. The lowest BCUT2D eigenvalue weighted by molar-refractivity contribution is -0.118. The van der Waals surface area contributed by atoms with Crippen LogP contribution >= 0.6 is 0 Å². The molecule has 44 heavy (non-hydrogen) atoms. The van der Waals surface area contributed by atoms with Gasteiger partial charge < -0.3 is 20.8 Å². The van der Waals surface area contributed by atoms with Crippen LogP contribution in [0.2, 0.25) is 0 Å². The second-order valence-corrected chi connectivity index (χ2v) is 11.6. The van der Waals surface area contributed by atoms with Crippen molar-refractivity contribution in [1.82, 2.24) is 0 Å². The van der Waals surface area contributed by atoms with Crippen LogP contribution in [-0.4, -0.2) is 34.0 Å². The summed E-state index contributed by atoms with van der Waals surface area (Å²) in [5, 5.41) is 23.9. The molecule has 2 fully saturated rings. The number of amides is 2. The number of aromatic carboxylic acids is 2. The highest BCUT2D eigenvalue weighted by molar-refractivity contribution is 6.11. The zero-order valence-corrected chi connectivity index (χ0v) is 22.9. The van der Waals surface area contributed by atoms with Crippen LogP contribution in [0.1, 0.15) is 67.6 Å². The van der Waals surface area contributed by atoms with Crippen LogP contribution in [0.3, 0.4) is 0 Å². The van der Waals surface area contributed by atoms with Gasteiger partial charge in [0.2, 0.25) is 11.8 Å². The van der Waals surface area contributed by atoms with Crippen molar-refractivity contribution in [1.29, 1.82) is 0 Å². The summed E-state index contributed by atoms with van der Waals surface area (Å²) in [6.45, 7) is 0. The van der Waals surface area contributed by atoms with Crippen molar-refractivity contribution in [2.75, 3.05) is 10.6 Å². The number of carboxylic acids is 2. The Morgan fingerprint density at radius 2 is 0.977 bits per heavy atom. The van der Waals surface area contributed by atoms with Gasteiger partial charge in [-0.15, -0.1) is 0 Å². The number of carbonyl (C=O) groups excluding carboxylic acids is 2. The fraction of sp³-hybridized carbons (Fsp3) is 0.176. The number of anilines is 2. The average molecular weight is 595 g/mol. The van der Waals surface area contributed by atoms with Crippen molar-refractivity contribution in [3.8, 4) is 0 Å². The highest BCUT2D eigenvalue weighted by atomic mass is 19.1. The third-order valence-corrected chi connectivity index (χ3v) is 9.27. The minimum absolute atomic E-state index is 0.0432. The van der Waals surface area contributed by atoms with Gasteiger partial charge in [-0.2, -0.15) is 0 Å². The Morgan fingerprint density at radius 3 is 1.32 bits per heavy atom. The molecular formula is C34H24F2N2O6. The van der Waals surface area contributed by atoms with Gasteiger partial charge in [0, 0.05) is 23.2 Å². The van der Waals surface area contributed by atoms with Crippen molar-refractivity contribution in [3.63, 3.8) is 0 Å². The number of hydrogen-bond acceptors (Lipinski definition) is 4. The van der Waals surface area contributed by atoms with Crippen LogP contribution in [0.15, 0.2) is 84.9 Å². The van der Waals surface area contributed by atoms with E-state index in [1.165, 1.54) is 36.4 Å². The topological polar surface area (TPSA) is 133 Å². The molecule has 8 rings (SSSR count). The molecule has 0 saturated heterocycles. The fourth-order valence-electron chi connectivity index (χ4n) is 6.84. The van der Waals surface area contributed by atoms with Gasteiger partial charge in [-0.3, -0.25) is 9.59 Å². The van der Waals surface area contributed by atoms with E-state index in [2.05, 4.69) is 10.6 Å². The van der Waals surface area contributed by atoms with Gasteiger partial charge in [-0.05, 0) is 95.8 Å². The van der Waals surface area contributed by atoms with Crippen LogP contribution in [0, 0.1) is 11.6 Å². The van der Waals surface area contributed by atoms with Crippen LogP contribution in [-0.2, 0) is 20.4 Å². The Balaban J connectivity index is 0.000000142. The molecule has 0 radical (unpaired) electrons. The summed E-state index contributed by atoms with van der Waals surface area (Å²) in [5.74, 6) is -2.98. The molecule has 0 bridgehead atoms. The van der Waals surface area contributed by atoms with Crippen molar-refractivity contribution >= 4 is 35.1 Å². The third-order valence-electron chi connectivity index (χ3n) is 9.27. The molecule has 0 aromatic heterocycles. The fourth-order valence-corrected chi connectivity index (χ4v) is 6.84. The first-order chi connectivity index (χ1) is 21.0. The van der Waals surface area contributed by atoms with Crippen molar-refractivity contribution in [2.45, 2.75) is 35.5 Å². The molecule has 2 aliphatic heterocycles. The maximum atomic E-state index is 13.1. The monoisotopic (exact) mass is 594 g/mol. The molecule has 4 atom stereocenters. The van der Waals surface area contributed by atoms with E-state index in [0.29, 0.717) is 24.2 Å². The molecule has 2 saturated carbocycles. The van der Waals surface area contributed by atoms with Crippen LogP contribution in [0.5, 0.6) is 0 Å². The Labute approximate surface area is 249 Å². The average Bonchev–Trinajstić information content (AvgIpc) is 3.89. The predicted octanol–water partition coefficient (Wildman–Crippen LogP) is 5.80. The summed E-state index contributed by atoms with van der Waals surface area (Å²) in [7, 11) is 0. The highest BCUT2D eigenvalue weighted by Crippen LogP contribution is 2.66. The standard InChI is InChI=1S/2C17H12FNO3/c2*18-11-4-1-9(2-5-11)13-8-17(13)12-7-10(15(20)21)3-6-14(12)19-16(17)22/h2*1-7,13H,8H2,(H,19,22)(H,20,21)/t2*13-,17+/m10/s1. The minimum atomic E-state index is -1.02. The molecule has 8 nitrogen and oxygen atoms in total. The Morgan fingerprint density at radius 1 is 0.614 bits per heavy atom. The van der Waals surface area contributed by atoms with Gasteiger partial charge >= 0.3 is 11.9 Å². The Kier molecular flexibility index (Phi) is 5.97. The maximum Gasteiger partial charge on any atom is 0.335 e. The summed E-state index contributed by atoms with van der Waals surface area (Å²) in [6.07, 6.45) is 1.22. The van der Waals surface area contributed by atoms with Gasteiger partial charge in [0.1, 0.15) is 11.6 Å². The number of halogens is 2. The summed E-state index contributed by atoms with van der Waals surface area (Å²) >= 11 is 0. The molecule has 10 heteroatoms. The summed E-state index contributed by atoms with van der Waals surface area (Å²) in [4.78, 5) is 47.1. The van der Waals surface area contributed by atoms with E-state index in [4.69, 9.17) is 10.2 Å². The zero-order valence-electron chi connectivity index (χ0n) is 22.9. The lowest BCUT2D eigenvalue weighted by atomic mass is 9.91. The molecule has 220 valence electrons. The number of hydrogen-bond donors (Lipinski definition) is 4. The first-order valence-electron chi connectivity index (χ1n) is 13.9. The first-order valence-corrected chi connectivity index (χ1v) is 13.9. The maximum absolute atomic E-state index is 13.1. The molecule has 2 heterocycles. The second kappa shape index (κ2) is 9.57. The van der Waals surface area contributed by atoms with Gasteiger partial charge in [0.05, 0.1) is 22.0 Å². The zero-order chi connectivity index (χ0) is 31.0. The van der Waals surface area contributed by atoms with Gasteiger partial charge in [-0.25, -0.2) is 18.4 Å². The summed E-state index contributed by atoms with van der Waals surface area (Å²) < 4.78 is 26.1. The Hall–Kier alpha value is -5.38. The lowest BCUT2D eigenvalue weighted by Gasteiger charge is -2.09. The van der Waals surface area contributed by atoms with E-state index in [9.17, 15) is 28.0 Å². The van der Waals surface area contributed by atoms with Gasteiger partial charge in [-0.1, -0.05) is 24.3 Å². The van der Waals surface area contributed by atoms with E-state index < -0.39 is 22.8 Å². The SMILES string of the molecule is O=C(O)c1ccc2c(c1)[C@@]1(C[C@H]1c1ccc(F)cc1)C(=O)N2.O=C(O)c1ccc2c(c1)[C@]1(C[C@@H]1c1ccc(F)cc1)C(=O)N2. The van der Waals surface area contributed by atoms with E-state index in [-0.39, 0.29) is 46.4 Å². The number of benzene rings is 4. The number of carbonyl (C=O) groups is 4. The third kappa shape index (κ3) is 4.09. The Bertz CT molecular complexity index is 1770. The van der Waals surface area contributed by atoms with Crippen LogP contribution < -0.4 is 10.6 Å². The molecule has 2 aliphatic carbocycles. The van der Waals surface area contributed by atoms with Crippen LogP contribution in [0.4, 0.5) is 20.2 Å². The molecule has 2 amide bonds. The van der Waals surface area contributed by atoms with E-state index in [1.807, 2.05) is 0 Å². The van der Waals surface area contributed by atoms with Gasteiger partial charge in [0.15, 0.2) is 0 Å². The highest BCUT2D eigenvalue weighted by Gasteiger charge is 2.66. The van der Waals surface area contributed by atoms with Gasteiger partial charge in [0.25, 0.3) is 0 Å². The van der Waals surface area contributed by atoms with Crippen molar-refractivity contribution in [2.24, 2.45) is 0 Å². The van der Waals surface area contributed by atoms with Crippen molar-refractivity contribution in [3.05, 3.63) is 130 Å². The molecule has 2 spiro atoms. The molecular weight excluding hydrogens is 570 g/mol. The normalized spacial score (nSPS) is 25.0. The predicted molar refractivity (Wildman–Crippen MR) is 155 cm³/mol. The van der Waals surface area contributed by atoms with E-state index in [0.717, 1.165) is 22.3 Å². The summed E-state index contributed by atoms with van der Waals surface area (Å²) in [5.41, 5.74) is 3.49. The molecule has 4 aromatic carbocycles. The van der Waals surface area contributed by atoms with Crippen LogP contribution in [0.25, 0.3) is 0 Å². The molecule has 4 aliphatic rings. The van der Waals surface area contributed by atoms with Crippen molar-refractivity contribution < 1.29 is 38.2 Å². The van der Waals surface area contributed by atoms with E-state index >= 15 is 0 Å². The summed E-state index contributed by atoms with van der Waals surface area (Å²) in [6, 6.07) is 21.6. The quantitative estimate of drug-likeness (QED) is 0.236. The lowest BCUT2D eigenvalue weighted by Crippen LogP contribution is -2.21. The largest absolute Gasteiger partial charge is 0.478 e. The minimum Gasteiger partial charge on any atom is -0.478 e. The number of fused-ring (bicyclic) bond motifs is 4. The molecule has 4 aromatic rings. The first kappa shape index (κ1) is 27.5. The number of nitrogens with one attached hydrogen (secondary N) is 2. The number of carboxylic acid groups (broad SMARTS) is 2. The molecule has 0 unspecified atom stereocenters. The second-order valence-electron chi connectivity index (χ2n) is 11.6. The van der Waals surface area contributed by atoms with E-state index in [1.54, 1.807) is 48.5 Å².